The lowest BCUT2D eigenvalue weighted by Crippen LogP contribution is -2.30. The van der Waals surface area contributed by atoms with Gasteiger partial charge in [0, 0.05) is 27.7 Å². The topological polar surface area (TPSA) is 70.8 Å². The summed E-state index contributed by atoms with van der Waals surface area (Å²) in [6.07, 6.45) is 3.58. The van der Waals surface area contributed by atoms with E-state index in [1.54, 1.807) is 34.6 Å². The number of hydrogen-bond acceptors (Lipinski definition) is 6. The molecular formula is C21H24N2O4S3. The van der Waals surface area contributed by atoms with Crippen LogP contribution in [0, 0.1) is 6.92 Å². The Bertz CT molecular complexity index is 1090. The van der Waals surface area contributed by atoms with Crippen molar-refractivity contribution in [1.29, 1.82) is 0 Å². The number of amides is 1. The van der Waals surface area contributed by atoms with E-state index in [0.29, 0.717) is 30.4 Å². The van der Waals surface area contributed by atoms with Crippen molar-refractivity contribution < 1.29 is 17.6 Å². The van der Waals surface area contributed by atoms with Gasteiger partial charge in [0.2, 0.25) is 5.91 Å². The van der Waals surface area contributed by atoms with E-state index < -0.39 is 10.0 Å². The molecule has 3 aromatic rings. The fourth-order valence-electron chi connectivity index (χ4n) is 3.49. The third-order valence-corrected chi connectivity index (χ3v) is 9.48. The largest absolute Gasteiger partial charge is 0.467 e. The van der Waals surface area contributed by atoms with Crippen LogP contribution in [0.2, 0.25) is 0 Å². The highest BCUT2D eigenvalue weighted by Crippen LogP contribution is 2.28. The number of carbonyl (C=O) groups is 1. The molecule has 3 aromatic heterocycles. The van der Waals surface area contributed by atoms with Crippen LogP contribution in [-0.4, -0.2) is 36.6 Å². The Morgan fingerprint density at radius 3 is 2.50 bits per heavy atom. The van der Waals surface area contributed by atoms with Gasteiger partial charge in [0.15, 0.2) is 0 Å². The van der Waals surface area contributed by atoms with Crippen LogP contribution in [-0.2, 0) is 34.3 Å². The predicted molar refractivity (Wildman–Crippen MR) is 118 cm³/mol. The van der Waals surface area contributed by atoms with E-state index in [0.717, 1.165) is 28.4 Å². The average molecular weight is 465 g/mol. The summed E-state index contributed by atoms with van der Waals surface area (Å²) < 4.78 is 32.8. The number of furan rings is 1. The number of carbonyl (C=O) groups excluding carboxylic acids is 1. The molecule has 4 rings (SSSR count). The summed E-state index contributed by atoms with van der Waals surface area (Å²) in [4.78, 5) is 17.9. The highest BCUT2D eigenvalue weighted by molar-refractivity contribution is 7.91. The summed E-state index contributed by atoms with van der Waals surface area (Å²) in [7, 11) is -3.45. The molecule has 30 heavy (non-hydrogen) atoms. The quantitative estimate of drug-likeness (QED) is 0.499. The van der Waals surface area contributed by atoms with Crippen molar-refractivity contribution in [3.63, 3.8) is 0 Å². The summed E-state index contributed by atoms with van der Waals surface area (Å²) in [5.74, 6) is 0.671. The number of nitrogens with zero attached hydrogens (tertiary/aromatic N) is 2. The van der Waals surface area contributed by atoms with Gasteiger partial charge in [0.1, 0.15) is 9.97 Å². The molecule has 1 aliphatic rings. The minimum absolute atomic E-state index is 0.0515. The summed E-state index contributed by atoms with van der Waals surface area (Å²) in [5, 5.41) is 0. The minimum Gasteiger partial charge on any atom is -0.467 e. The van der Waals surface area contributed by atoms with E-state index in [9.17, 15) is 13.2 Å². The first-order valence-corrected chi connectivity index (χ1v) is 12.9. The first-order chi connectivity index (χ1) is 14.4. The lowest BCUT2D eigenvalue weighted by molar-refractivity contribution is -0.131. The van der Waals surface area contributed by atoms with Gasteiger partial charge in [0.05, 0.1) is 25.8 Å². The lowest BCUT2D eigenvalue weighted by Gasteiger charge is -2.21. The van der Waals surface area contributed by atoms with Crippen LogP contribution in [0.4, 0.5) is 0 Å². The second kappa shape index (κ2) is 9.05. The highest BCUT2D eigenvalue weighted by atomic mass is 32.2. The maximum atomic E-state index is 13.1. The van der Waals surface area contributed by atoms with E-state index in [4.69, 9.17) is 4.42 Å². The first kappa shape index (κ1) is 21.3. The zero-order chi connectivity index (χ0) is 21.1. The molecule has 0 N–H and O–H groups in total. The van der Waals surface area contributed by atoms with E-state index >= 15 is 0 Å². The van der Waals surface area contributed by atoms with Gasteiger partial charge in [-0.15, -0.1) is 22.7 Å². The molecule has 6 nitrogen and oxygen atoms in total. The van der Waals surface area contributed by atoms with Gasteiger partial charge in [-0.05, 0) is 56.2 Å². The zero-order valence-corrected chi connectivity index (χ0v) is 19.2. The van der Waals surface area contributed by atoms with Gasteiger partial charge in [0.25, 0.3) is 10.0 Å². The summed E-state index contributed by atoms with van der Waals surface area (Å²) in [6.45, 7) is 4.08. The second-order valence-electron chi connectivity index (χ2n) is 7.35. The number of aryl methyl sites for hydroxylation is 1. The first-order valence-electron chi connectivity index (χ1n) is 9.86. The summed E-state index contributed by atoms with van der Waals surface area (Å²) in [5.41, 5.74) is 0. The molecule has 0 aliphatic carbocycles. The van der Waals surface area contributed by atoms with E-state index in [-0.39, 0.29) is 12.3 Å². The molecule has 0 radical (unpaired) electrons. The molecular weight excluding hydrogens is 440 g/mol. The maximum absolute atomic E-state index is 13.1. The predicted octanol–water partition coefficient (Wildman–Crippen LogP) is 4.27. The molecule has 0 bridgehead atoms. The van der Waals surface area contributed by atoms with Crippen molar-refractivity contribution in [1.82, 2.24) is 9.21 Å². The molecule has 9 heteroatoms. The molecule has 4 heterocycles. The van der Waals surface area contributed by atoms with E-state index in [1.165, 1.54) is 20.5 Å². The number of thiophene rings is 2. The van der Waals surface area contributed by atoms with Crippen LogP contribution in [0.5, 0.6) is 0 Å². The van der Waals surface area contributed by atoms with Crippen LogP contribution < -0.4 is 0 Å². The van der Waals surface area contributed by atoms with Crippen LogP contribution in [0.15, 0.2) is 51.3 Å². The van der Waals surface area contributed by atoms with Crippen LogP contribution >= 0.6 is 22.7 Å². The van der Waals surface area contributed by atoms with E-state index in [2.05, 4.69) is 0 Å². The maximum Gasteiger partial charge on any atom is 0.252 e. The molecule has 0 unspecified atom stereocenters. The fraction of sp³-hybridized carbons (Fsp3) is 0.381. The lowest BCUT2D eigenvalue weighted by atomic mass is 10.2. The van der Waals surface area contributed by atoms with Crippen molar-refractivity contribution in [2.75, 3.05) is 13.1 Å². The van der Waals surface area contributed by atoms with Gasteiger partial charge in [-0.25, -0.2) is 8.42 Å². The van der Waals surface area contributed by atoms with Crippen molar-refractivity contribution in [2.45, 2.75) is 43.5 Å². The Labute approximate surface area is 184 Å². The van der Waals surface area contributed by atoms with Crippen LogP contribution in [0.25, 0.3) is 0 Å². The molecule has 0 atom stereocenters. The van der Waals surface area contributed by atoms with Crippen molar-refractivity contribution in [3.8, 4) is 0 Å². The number of rotatable bonds is 8. The smallest absolute Gasteiger partial charge is 0.252 e. The highest BCUT2D eigenvalue weighted by Gasteiger charge is 2.29. The molecule has 1 fully saturated rings. The van der Waals surface area contributed by atoms with Gasteiger partial charge >= 0.3 is 0 Å². The zero-order valence-electron chi connectivity index (χ0n) is 16.7. The third-order valence-electron chi connectivity index (χ3n) is 5.04. The van der Waals surface area contributed by atoms with Crippen LogP contribution in [0.3, 0.4) is 0 Å². The SMILES string of the molecule is Cc1ccc(CN(Cc2ccco2)C(=O)Cc2ccc(S(=O)(=O)N3CCCC3)s2)s1. The van der Waals surface area contributed by atoms with E-state index in [1.807, 2.05) is 31.2 Å². The van der Waals surface area contributed by atoms with Gasteiger partial charge in [-0.2, -0.15) is 4.31 Å². The van der Waals surface area contributed by atoms with Gasteiger partial charge in [-0.1, -0.05) is 0 Å². The van der Waals surface area contributed by atoms with Gasteiger partial charge < -0.3 is 9.32 Å². The second-order valence-corrected chi connectivity index (χ2v) is 12.1. The summed E-state index contributed by atoms with van der Waals surface area (Å²) >= 11 is 2.86. The average Bonchev–Trinajstić information content (AvgIpc) is 3.50. The van der Waals surface area contributed by atoms with Crippen molar-refractivity contribution >= 4 is 38.6 Å². The van der Waals surface area contributed by atoms with Crippen LogP contribution in [0.1, 0.15) is 33.2 Å². The Morgan fingerprint density at radius 1 is 1.07 bits per heavy atom. The normalized spacial score (nSPS) is 15.0. The number of hydrogen-bond donors (Lipinski definition) is 0. The van der Waals surface area contributed by atoms with Gasteiger partial charge in [-0.3, -0.25) is 4.79 Å². The Balaban J connectivity index is 1.48. The standard InChI is InChI=1S/C21H24N2O4S3/c1-16-6-7-19(28-16)15-22(14-17-5-4-12-27-17)20(24)13-18-8-9-21(29-18)30(25,26)23-10-2-3-11-23/h4-9,12H,2-3,10-11,13-15H2,1H3. The fourth-order valence-corrected chi connectivity index (χ4v) is 7.41. The monoisotopic (exact) mass is 464 g/mol. The van der Waals surface area contributed by atoms with Crippen molar-refractivity contribution in [3.05, 3.63) is 63.1 Å². The molecule has 0 saturated carbocycles. The Kier molecular flexibility index (Phi) is 6.43. The third kappa shape index (κ3) is 4.85. The molecule has 1 aliphatic heterocycles. The molecule has 0 spiro atoms. The van der Waals surface area contributed by atoms with Crippen molar-refractivity contribution in [2.24, 2.45) is 0 Å². The molecule has 1 amide bonds. The molecule has 0 aromatic carbocycles. The number of sulfonamides is 1. The minimum atomic E-state index is -3.45. The molecule has 160 valence electrons. The summed E-state index contributed by atoms with van der Waals surface area (Å²) in [6, 6.07) is 11.1. The Morgan fingerprint density at radius 2 is 1.83 bits per heavy atom. The molecule has 1 saturated heterocycles. The Hall–Kier alpha value is -1.94.